The molecule has 102 valence electrons. The predicted octanol–water partition coefficient (Wildman–Crippen LogP) is 1.25. The summed E-state index contributed by atoms with van der Waals surface area (Å²) in [6, 6.07) is 1.93. The van der Waals surface area contributed by atoms with Crippen LogP contribution in [0.4, 0.5) is 0 Å². The molecule has 1 fully saturated rings. The fourth-order valence-corrected chi connectivity index (χ4v) is 2.65. The Kier molecular flexibility index (Phi) is 7.48. The molecule has 0 unspecified atom stereocenters. The Labute approximate surface area is 129 Å². The maximum atomic E-state index is 5.95. The summed E-state index contributed by atoms with van der Waals surface area (Å²) in [7, 11) is 0. The number of halogens is 1. The number of nitrogens with zero attached hydrogens (tertiary/aromatic N) is 4. The van der Waals surface area contributed by atoms with Gasteiger partial charge in [-0.25, -0.2) is 0 Å². The standard InChI is InChI=1S/C11H19N5S.HI/c12-11(15-7-9-17-10-8-15)13-3-1-5-16-6-2-4-14-16;/h2,4,6H,1,3,5,7-10H2,(H2,12,13);1H. The van der Waals surface area contributed by atoms with Crippen LogP contribution in [0.15, 0.2) is 23.5 Å². The van der Waals surface area contributed by atoms with Crippen LogP contribution in [0, 0.1) is 0 Å². The lowest BCUT2D eigenvalue weighted by atomic mass is 10.4. The van der Waals surface area contributed by atoms with Crippen molar-refractivity contribution >= 4 is 41.7 Å². The quantitative estimate of drug-likeness (QED) is 0.369. The number of nitrogens with two attached hydrogens (primary N) is 1. The third-order valence-corrected chi connectivity index (χ3v) is 3.66. The van der Waals surface area contributed by atoms with E-state index in [0.717, 1.165) is 44.1 Å². The van der Waals surface area contributed by atoms with E-state index in [1.165, 1.54) is 0 Å². The van der Waals surface area contributed by atoms with Crippen molar-refractivity contribution < 1.29 is 0 Å². The molecule has 1 aliphatic heterocycles. The van der Waals surface area contributed by atoms with Gasteiger partial charge in [-0.15, -0.1) is 24.0 Å². The van der Waals surface area contributed by atoms with E-state index in [2.05, 4.69) is 15.0 Å². The first-order valence-electron chi connectivity index (χ1n) is 5.96. The fourth-order valence-electron chi connectivity index (χ4n) is 1.75. The van der Waals surface area contributed by atoms with Crippen LogP contribution < -0.4 is 5.73 Å². The third-order valence-electron chi connectivity index (χ3n) is 2.71. The van der Waals surface area contributed by atoms with E-state index in [1.807, 2.05) is 28.7 Å². The topological polar surface area (TPSA) is 59.4 Å². The molecule has 5 nitrogen and oxygen atoms in total. The Morgan fingerprint density at radius 1 is 1.39 bits per heavy atom. The molecule has 2 N–H and O–H groups in total. The van der Waals surface area contributed by atoms with Gasteiger partial charge in [0.25, 0.3) is 0 Å². The lowest BCUT2D eigenvalue weighted by Gasteiger charge is -2.27. The highest BCUT2D eigenvalue weighted by Crippen LogP contribution is 2.08. The Bertz CT molecular complexity index is 348. The van der Waals surface area contributed by atoms with Crippen molar-refractivity contribution in [3.05, 3.63) is 18.5 Å². The molecule has 0 saturated carbocycles. The Hall–Kier alpha value is -0.440. The van der Waals surface area contributed by atoms with Crippen molar-refractivity contribution in [2.24, 2.45) is 10.7 Å². The Morgan fingerprint density at radius 3 is 2.83 bits per heavy atom. The molecule has 0 bridgehead atoms. The SMILES string of the molecule is I.NC(=NCCCn1cccn1)N1CCSCC1. The van der Waals surface area contributed by atoms with E-state index in [4.69, 9.17) is 5.73 Å². The van der Waals surface area contributed by atoms with E-state index >= 15 is 0 Å². The van der Waals surface area contributed by atoms with Crippen LogP contribution in [-0.4, -0.2) is 51.8 Å². The molecule has 0 radical (unpaired) electrons. The second kappa shape index (κ2) is 8.63. The van der Waals surface area contributed by atoms with Gasteiger partial charge in [0.15, 0.2) is 5.96 Å². The van der Waals surface area contributed by atoms with E-state index < -0.39 is 0 Å². The van der Waals surface area contributed by atoms with Crippen molar-refractivity contribution in [3.63, 3.8) is 0 Å². The second-order valence-electron chi connectivity index (χ2n) is 3.96. The van der Waals surface area contributed by atoms with E-state index in [9.17, 15) is 0 Å². The summed E-state index contributed by atoms with van der Waals surface area (Å²) < 4.78 is 1.92. The van der Waals surface area contributed by atoms with Crippen molar-refractivity contribution in [1.82, 2.24) is 14.7 Å². The molecular weight excluding hydrogens is 361 g/mol. The van der Waals surface area contributed by atoms with Crippen LogP contribution in [0.3, 0.4) is 0 Å². The summed E-state index contributed by atoms with van der Waals surface area (Å²) in [6.07, 6.45) is 4.74. The van der Waals surface area contributed by atoms with Gasteiger partial charge in [0.1, 0.15) is 0 Å². The van der Waals surface area contributed by atoms with Crippen molar-refractivity contribution in [3.8, 4) is 0 Å². The predicted molar refractivity (Wildman–Crippen MR) is 87.6 cm³/mol. The number of rotatable bonds is 4. The summed E-state index contributed by atoms with van der Waals surface area (Å²) in [5.74, 6) is 3.01. The number of aliphatic imine (C=N–C) groups is 1. The molecule has 1 aromatic rings. The van der Waals surface area contributed by atoms with Gasteiger partial charge < -0.3 is 10.6 Å². The zero-order valence-corrected chi connectivity index (χ0v) is 13.5. The van der Waals surface area contributed by atoms with Crippen molar-refractivity contribution in [1.29, 1.82) is 0 Å². The van der Waals surface area contributed by atoms with Crippen molar-refractivity contribution in [2.45, 2.75) is 13.0 Å². The molecule has 0 amide bonds. The third kappa shape index (κ3) is 5.05. The highest BCUT2D eigenvalue weighted by molar-refractivity contribution is 14.0. The lowest BCUT2D eigenvalue weighted by Crippen LogP contribution is -2.42. The summed E-state index contributed by atoms with van der Waals surface area (Å²) in [5, 5.41) is 4.15. The van der Waals surface area contributed by atoms with Gasteiger partial charge in [-0.05, 0) is 12.5 Å². The minimum Gasteiger partial charge on any atom is -0.370 e. The smallest absolute Gasteiger partial charge is 0.191 e. The molecule has 1 aromatic heterocycles. The lowest BCUT2D eigenvalue weighted by molar-refractivity contribution is 0.454. The minimum absolute atomic E-state index is 0. The fraction of sp³-hybridized carbons (Fsp3) is 0.636. The molecule has 2 rings (SSSR count). The van der Waals surface area contributed by atoms with Crippen LogP contribution in [0.25, 0.3) is 0 Å². The molecule has 0 aliphatic carbocycles. The van der Waals surface area contributed by atoms with Crippen LogP contribution in [0.1, 0.15) is 6.42 Å². The molecular formula is C11H20IN5S. The number of thioether (sulfide) groups is 1. The first-order chi connectivity index (χ1) is 8.36. The highest BCUT2D eigenvalue weighted by atomic mass is 127. The molecule has 7 heteroatoms. The molecule has 0 atom stereocenters. The normalized spacial score (nSPS) is 16.4. The van der Waals surface area contributed by atoms with Gasteiger partial charge >= 0.3 is 0 Å². The average molecular weight is 381 g/mol. The summed E-state index contributed by atoms with van der Waals surface area (Å²) in [4.78, 5) is 6.59. The zero-order chi connectivity index (χ0) is 11.9. The second-order valence-corrected chi connectivity index (χ2v) is 5.19. The maximum absolute atomic E-state index is 5.95. The van der Waals surface area contributed by atoms with Crippen LogP contribution in [0.2, 0.25) is 0 Å². The van der Waals surface area contributed by atoms with E-state index in [0.29, 0.717) is 5.96 Å². The number of guanidine groups is 1. The first kappa shape index (κ1) is 15.6. The van der Waals surface area contributed by atoms with Crippen LogP contribution >= 0.6 is 35.7 Å². The van der Waals surface area contributed by atoms with Gasteiger partial charge in [0, 0.05) is 50.1 Å². The number of hydrogen-bond donors (Lipinski definition) is 1. The Morgan fingerprint density at radius 2 is 2.17 bits per heavy atom. The van der Waals surface area contributed by atoms with Crippen LogP contribution in [0.5, 0.6) is 0 Å². The van der Waals surface area contributed by atoms with Gasteiger partial charge in [0.05, 0.1) is 0 Å². The van der Waals surface area contributed by atoms with Crippen molar-refractivity contribution in [2.75, 3.05) is 31.1 Å². The zero-order valence-electron chi connectivity index (χ0n) is 10.4. The molecule has 0 aromatic carbocycles. The first-order valence-corrected chi connectivity index (χ1v) is 7.12. The number of aromatic nitrogens is 2. The number of aryl methyl sites for hydroxylation is 1. The molecule has 18 heavy (non-hydrogen) atoms. The Balaban J connectivity index is 0.00000162. The summed E-state index contributed by atoms with van der Waals surface area (Å²) in [5.41, 5.74) is 5.95. The summed E-state index contributed by atoms with van der Waals surface area (Å²) in [6.45, 7) is 3.73. The molecule has 1 saturated heterocycles. The highest BCUT2D eigenvalue weighted by Gasteiger charge is 2.11. The van der Waals surface area contributed by atoms with Gasteiger partial charge in [-0.1, -0.05) is 0 Å². The monoisotopic (exact) mass is 381 g/mol. The largest absolute Gasteiger partial charge is 0.370 e. The maximum Gasteiger partial charge on any atom is 0.191 e. The molecule has 0 spiro atoms. The molecule has 1 aliphatic rings. The molecule has 2 heterocycles. The van der Waals surface area contributed by atoms with Gasteiger partial charge in [-0.2, -0.15) is 16.9 Å². The average Bonchev–Trinajstić information content (AvgIpc) is 2.88. The van der Waals surface area contributed by atoms with Gasteiger partial charge in [-0.3, -0.25) is 9.67 Å². The summed E-state index contributed by atoms with van der Waals surface area (Å²) >= 11 is 1.98. The van der Waals surface area contributed by atoms with Crippen LogP contribution in [-0.2, 0) is 6.54 Å². The van der Waals surface area contributed by atoms with E-state index in [1.54, 1.807) is 6.20 Å². The minimum atomic E-state index is 0. The van der Waals surface area contributed by atoms with E-state index in [-0.39, 0.29) is 24.0 Å². The van der Waals surface area contributed by atoms with Gasteiger partial charge in [0.2, 0.25) is 0 Å². The number of hydrogen-bond acceptors (Lipinski definition) is 3.